The van der Waals surface area contributed by atoms with Gasteiger partial charge in [-0.05, 0) is 43.7 Å². The third-order valence-corrected chi connectivity index (χ3v) is 5.90. The van der Waals surface area contributed by atoms with E-state index >= 15 is 0 Å². The van der Waals surface area contributed by atoms with Gasteiger partial charge in [-0.2, -0.15) is 13.5 Å². The molecule has 0 fully saturated rings. The van der Waals surface area contributed by atoms with E-state index < -0.39 is 10.0 Å². The van der Waals surface area contributed by atoms with Gasteiger partial charge in [-0.15, -0.1) is 0 Å². The number of nitrogens with zero attached hydrogens (tertiary/aromatic N) is 3. The van der Waals surface area contributed by atoms with Crippen molar-refractivity contribution in [2.45, 2.75) is 31.5 Å². The Kier molecular flexibility index (Phi) is 6.03. The van der Waals surface area contributed by atoms with Crippen LogP contribution in [0.25, 0.3) is 0 Å². The summed E-state index contributed by atoms with van der Waals surface area (Å²) < 4.78 is 29.4. The Hall–Kier alpha value is -3.13. The molecule has 1 N–H and O–H groups in total. The number of aryl methyl sites for hydroxylation is 1. The Labute approximate surface area is 171 Å². The minimum absolute atomic E-state index is 0.0242. The minimum atomic E-state index is -3.93. The van der Waals surface area contributed by atoms with E-state index in [2.05, 4.69) is 10.4 Å². The fraction of sp³-hybridized carbons (Fsp3) is 0.238. The van der Waals surface area contributed by atoms with Gasteiger partial charge in [0.05, 0.1) is 12.2 Å². The van der Waals surface area contributed by atoms with Gasteiger partial charge in [0.25, 0.3) is 15.9 Å². The van der Waals surface area contributed by atoms with Crippen LogP contribution >= 0.6 is 0 Å². The van der Waals surface area contributed by atoms with E-state index in [0.717, 1.165) is 5.56 Å². The van der Waals surface area contributed by atoms with E-state index in [1.807, 2.05) is 44.2 Å². The van der Waals surface area contributed by atoms with Crippen molar-refractivity contribution in [2.24, 2.45) is 7.05 Å². The van der Waals surface area contributed by atoms with Crippen molar-refractivity contribution < 1.29 is 13.2 Å². The molecule has 0 bridgehead atoms. The van der Waals surface area contributed by atoms with Gasteiger partial charge in [0, 0.05) is 24.8 Å². The maximum Gasteiger partial charge on any atom is 0.283 e. The molecule has 0 saturated heterocycles. The first-order chi connectivity index (χ1) is 13.8. The molecular formula is C21H24N4O3S. The van der Waals surface area contributed by atoms with E-state index in [1.165, 1.54) is 15.1 Å². The number of anilines is 1. The largest absolute Gasteiger partial charge is 0.350 e. The summed E-state index contributed by atoms with van der Waals surface area (Å²) in [5, 5.41) is 6.85. The molecule has 0 aliphatic heterocycles. The van der Waals surface area contributed by atoms with Crippen molar-refractivity contribution in [2.75, 3.05) is 4.31 Å². The van der Waals surface area contributed by atoms with Crippen LogP contribution in [0.4, 0.5) is 5.69 Å². The van der Waals surface area contributed by atoms with Crippen LogP contribution in [0, 0.1) is 0 Å². The quantitative estimate of drug-likeness (QED) is 0.647. The molecule has 1 amide bonds. The van der Waals surface area contributed by atoms with Crippen LogP contribution in [0.2, 0.25) is 0 Å². The van der Waals surface area contributed by atoms with Crippen LogP contribution in [0.15, 0.2) is 71.9 Å². The summed E-state index contributed by atoms with van der Waals surface area (Å²) >= 11 is 0. The molecule has 2 aromatic carbocycles. The summed E-state index contributed by atoms with van der Waals surface area (Å²) in [6.07, 6.45) is 1.58. The Bertz CT molecular complexity index is 1090. The molecule has 3 rings (SSSR count). The molecule has 1 heterocycles. The Morgan fingerprint density at radius 1 is 1.10 bits per heavy atom. The zero-order valence-electron chi connectivity index (χ0n) is 16.6. The molecule has 0 saturated carbocycles. The Morgan fingerprint density at radius 2 is 1.83 bits per heavy atom. The van der Waals surface area contributed by atoms with Gasteiger partial charge in [-0.25, -0.2) is 0 Å². The van der Waals surface area contributed by atoms with Gasteiger partial charge in [0.2, 0.25) is 0 Å². The first-order valence-electron chi connectivity index (χ1n) is 9.24. The van der Waals surface area contributed by atoms with E-state index in [0.29, 0.717) is 11.3 Å². The molecule has 0 atom stereocenters. The van der Waals surface area contributed by atoms with Gasteiger partial charge in [0.1, 0.15) is 0 Å². The number of hydrogen-bond donors (Lipinski definition) is 1. The van der Waals surface area contributed by atoms with Gasteiger partial charge in [-0.3, -0.25) is 13.8 Å². The van der Waals surface area contributed by atoms with Crippen LogP contribution in [0.3, 0.4) is 0 Å². The average Bonchev–Trinajstić information content (AvgIpc) is 3.14. The van der Waals surface area contributed by atoms with Crippen molar-refractivity contribution in [3.8, 4) is 0 Å². The molecule has 0 spiro atoms. The van der Waals surface area contributed by atoms with Crippen molar-refractivity contribution >= 4 is 21.6 Å². The summed E-state index contributed by atoms with van der Waals surface area (Å²) in [5.74, 6) is -0.253. The molecule has 152 valence electrons. The zero-order chi connectivity index (χ0) is 21.0. The van der Waals surface area contributed by atoms with Crippen LogP contribution in [0.5, 0.6) is 0 Å². The first kappa shape index (κ1) is 20.6. The molecular weight excluding hydrogens is 388 g/mol. The SMILES string of the molecule is CC(C)NC(=O)c1cccc(N(Cc2ccccc2)S(=O)(=O)c2ccn(C)n2)c1. The standard InChI is InChI=1S/C21H24N4O3S/c1-16(2)22-21(26)18-10-7-11-19(14-18)25(15-17-8-5-4-6-9-17)29(27,28)20-12-13-24(3)23-20/h4-14,16H,15H2,1-3H3,(H,22,26). The summed E-state index contributed by atoms with van der Waals surface area (Å²) in [6, 6.07) is 17.3. The summed E-state index contributed by atoms with van der Waals surface area (Å²) in [7, 11) is -2.26. The second-order valence-corrected chi connectivity index (χ2v) is 8.81. The topological polar surface area (TPSA) is 84.3 Å². The van der Waals surface area contributed by atoms with Crippen molar-refractivity contribution in [1.82, 2.24) is 15.1 Å². The molecule has 0 aliphatic carbocycles. The third-order valence-electron chi connectivity index (χ3n) is 4.23. The lowest BCUT2D eigenvalue weighted by Crippen LogP contribution is -2.32. The molecule has 0 aliphatic rings. The van der Waals surface area contributed by atoms with Crippen LogP contribution in [-0.2, 0) is 23.6 Å². The molecule has 1 aromatic heterocycles. The van der Waals surface area contributed by atoms with Crippen LogP contribution < -0.4 is 9.62 Å². The highest BCUT2D eigenvalue weighted by molar-refractivity contribution is 7.92. The fourth-order valence-corrected chi connectivity index (χ4v) is 4.26. The average molecular weight is 413 g/mol. The Morgan fingerprint density at radius 3 is 2.45 bits per heavy atom. The number of hydrogen-bond acceptors (Lipinski definition) is 4. The predicted octanol–water partition coefficient (Wildman–Crippen LogP) is 2.95. The molecule has 7 nitrogen and oxygen atoms in total. The van der Waals surface area contributed by atoms with E-state index in [4.69, 9.17) is 0 Å². The lowest BCUT2D eigenvalue weighted by molar-refractivity contribution is 0.0943. The number of carbonyl (C=O) groups excluding carboxylic acids is 1. The van der Waals surface area contributed by atoms with Gasteiger partial charge >= 0.3 is 0 Å². The number of amides is 1. The predicted molar refractivity (Wildman–Crippen MR) is 112 cm³/mol. The summed E-state index contributed by atoms with van der Waals surface area (Å²) in [5.41, 5.74) is 1.62. The Balaban J connectivity index is 2.05. The fourth-order valence-electron chi connectivity index (χ4n) is 2.86. The zero-order valence-corrected chi connectivity index (χ0v) is 17.4. The number of sulfonamides is 1. The van der Waals surface area contributed by atoms with Crippen molar-refractivity contribution in [3.05, 3.63) is 78.0 Å². The molecule has 29 heavy (non-hydrogen) atoms. The highest BCUT2D eigenvalue weighted by Crippen LogP contribution is 2.26. The van der Waals surface area contributed by atoms with Crippen molar-refractivity contribution in [1.29, 1.82) is 0 Å². The monoisotopic (exact) mass is 412 g/mol. The molecule has 0 unspecified atom stereocenters. The minimum Gasteiger partial charge on any atom is -0.350 e. The molecule has 8 heteroatoms. The van der Waals surface area contributed by atoms with Gasteiger partial charge < -0.3 is 5.32 Å². The number of aromatic nitrogens is 2. The van der Waals surface area contributed by atoms with E-state index in [9.17, 15) is 13.2 Å². The number of benzene rings is 2. The van der Waals surface area contributed by atoms with E-state index in [-0.39, 0.29) is 23.5 Å². The van der Waals surface area contributed by atoms with Crippen molar-refractivity contribution in [3.63, 3.8) is 0 Å². The second-order valence-electron chi connectivity index (χ2n) is 7.00. The van der Waals surface area contributed by atoms with Gasteiger partial charge in [0.15, 0.2) is 5.03 Å². The highest BCUT2D eigenvalue weighted by atomic mass is 32.2. The highest BCUT2D eigenvalue weighted by Gasteiger charge is 2.28. The molecule has 3 aromatic rings. The van der Waals surface area contributed by atoms with E-state index in [1.54, 1.807) is 37.5 Å². The number of nitrogens with one attached hydrogen (secondary N) is 1. The number of rotatable bonds is 7. The molecule has 0 radical (unpaired) electrons. The summed E-state index contributed by atoms with van der Waals surface area (Å²) in [6.45, 7) is 3.86. The maximum atomic E-state index is 13.4. The smallest absolute Gasteiger partial charge is 0.283 e. The number of carbonyl (C=O) groups is 1. The maximum absolute atomic E-state index is 13.4. The summed E-state index contributed by atoms with van der Waals surface area (Å²) in [4.78, 5) is 12.4. The third kappa shape index (κ3) is 4.83. The lowest BCUT2D eigenvalue weighted by atomic mass is 10.1. The van der Waals surface area contributed by atoms with Crippen LogP contribution in [-0.4, -0.2) is 30.1 Å². The normalized spacial score (nSPS) is 11.4. The second kappa shape index (κ2) is 8.48. The van der Waals surface area contributed by atoms with Gasteiger partial charge in [-0.1, -0.05) is 36.4 Å². The lowest BCUT2D eigenvalue weighted by Gasteiger charge is -2.24. The van der Waals surface area contributed by atoms with Crippen LogP contribution in [0.1, 0.15) is 29.8 Å². The first-order valence-corrected chi connectivity index (χ1v) is 10.7.